The smallest absolute Gasteiger partial charge is 0.693 e. The molecule has 5 heteroatoms. The maximum absolute atomic E-state index is 4.89. The van der Waals surface area contributed by atoms with Gasteiger partial charge in [0.05, 0.1) is 0 Å². The second-order valence-electron chi connectivity index (χ2n) is 8.62. The van der Waals surface area contributed by atoms with Crippen molar-refractivity contribution in [1.29, 1.82) is 0 Å². The standard InChI is InChI=1S/C26H28N.2ClH.H2N.Ti/c1-18-16-19(27(4)5)14-15-25(18)26(2,3)17-24-22-12-8-6-10-20(22)21-11-7-9-13-23(21)24;;;;/h6-16,24H,1,17H2,2-5H3;2*1H;1H2;/q-1;;;-1;+2/p-2. The average molecular weight is 489 g/mol. The molecule has 1 aliphatic carbocycles. The van der Waals surface area contributed by atoms with E-state index < -0.39 is 17.0 Å². The molecule has 0 fully saturated rings. The largest absolute Gasteiger partial charge is 0.693 e. The van der Waals surface area contributed by atoms with Crippen LogP contribution in [-0.2, 0) is 22.4 Å². The summed E-state index contributed by atoms with van der Waals surface area (Å²) < 4.78 is 0. The first-order valence-corrected chi connectivity index (χ1v) is 14.4. The van der Waals surface area contributed by atoms with Gasteiger partial charge in [0.1, 0.15) is 0 Å². The quantitative estimate of drug-likeness (QED) is 0.267. The fourth-order valence-corrected chi connectivity index (χ4v) is 4.62. The predicted octanol–water partition coefficient (Wildman–Crippen LogP) is 8.51. The van der Waals surface area contributed by atoms with Gasteiger partial charge in [-0.15, -0.1) is 17.7 Å². The molecule has 0 saturated heterocycles. The van der Waals surface area contributed by atoms with E-state index in [1.807, 2.05) is 0 Å². The second-order valence-corrected chi connectivity index (χ2v) is 11.2. The van der Waals surface area contributed by atoms with Crippen LogP contribution in [0.2, 0.25) is 0 Å². The fraction of sp³-hybridized carbons (Fsp3) is 0.269. The molecule has 4 rings (SSSR count). The maximum Gasteiger partial charge on any atom is -0.693 e. The topological polar surface area (TPSA) is 36.7 Å². The number of nitrogens with zero attached hydrogens (tertiary/aromatic N) is 1. The minimum absolute atomic E-state index is 0. The first-order chi connectivity index (χ1) is 14.3. The molecule has 0 spiro atoms. The number of nitrogens with two attached hydrogens (primary N) is 1. The number of hydrogen-bond acceptors (Lipinski definition) is 1. The number of fused-ring (bicyclic) bond motifs is 3. The molecule has 0 amide bonds. The molecule has 31 heavy (non-hydrogen) atoms. The molecule has 0 unspecified atom stereocenters. The van der Waals surface area contributed by atoms with Crippen molar-refractivity contribution in [3.63, 3.8) is 0 Å². The Morgan fingerprint density at radius 2 is 1.39 bits per heavy atom. The van der Waals surface area contributed by atoms with Gasteiger partial charge in [-0.2, -0.15) is 12.5 Å². The van der Waals surface area contributed by atoms with E-state index in [4.69, 9.17) is 18.6 Å². The van der Waals surface area contributed by atoms with Gasteiger partial charge in [-0.3, -0.25) is 0 Å². The summed E-state index contributed by atoms with van der Waals surface area (Å²) in [4.78, 5) is 2.13. The Kier molecular flexibility index (Phi) is 9.12. The molecule has 164 valence electrons. The molecule has 0 radical (unpaired) electrons. The zero-order valence-corrected chi connectivity index (χ0v) is 21.7. The van der Waals surface area contributed by atoms with Gasteiger partial charge in [-0.05, 0) is 34.4 Å². The van der Waals surface area contributed by atoms with E-state index in [0.29, 0.717) is 5.92 Å². The minimum atomic E-state index is -0.556. The summed E-state index contributed by atoms with van der Waals surface area (Å²) in [7, 11) is 13.9. The van der Waals surface area contributed by atoms with E-state index in [1.165, 1.54) is 33.5 Å². The third kappa shape index (κ3) is 5.50. The summed E-state index contributed by atoms with van der Waals surface area (Å²) in [5.74, 6) is 0.431. The first-order valence-electron chi connectivity index (χ1n) is 10.1. The summed E-state index contributed by atoms with van der Waals surface area (Å²) >= 11 is -0.556. The van der Waals surface area contributed by atoms with Crippen molar-refractivity contribution in [3.05, 3.63) is 102 Å². The number of rotatable bonds is 4. The van der Waals surface area contributed by atoms with Crippen molar-refractivity contribution in [1.82, 2.24) is 0 Å². The van der Waals surface area contributed by atoms with Gasteiger partial charge in [0, 0.05) is 20.0 Å². The first kappa shape index (κ1) is 25.8. The SMILES string of the molecule is [CH2-]c1cc(N(C)C)ccc1C(C)(C)CC1c2ccccc2-c2ccccc21.[Cl][Ti][Cl].[NH2-]. The van der Waals surface area contributed by atoms with Crippen LogP contribution in [0.15, 0.2) is 66.7 Å². The molecule has 1 aliphatic rings. The monoisotopic (exact) mass is 488 g/mol. The van der Waals surface area contributed by atoms with Crippen LogP contribution in [0.3, 0.4) is 0 Å². The van der Waals surface area contributed by atoms with Gasteiger partial charge in [0.15, 0.2) is 0 Å². The van der Waals surface area contributed by atoms with Crippen molar-refractivity contribution < 1.29 is 17.0 Å². The number of benzene rings is 3. The Labute approximate surface area is 204 Å². The molecule has 0 heterocycles. The summed E-state index contributed by atoms with van der Waals surface area (Å²) in [6.07, 6.45) is 1.07. The van der Waals surface area contributed by atoms with Crippen LogP contribution in [0.1, 0.15) is 48.4 Å². The van der Waals surface area contributed by atoms with Crippen LogP contribution in [0.5, 0.6) is 0 Å². The fourth-order valence-electron chi connectivity index (χ4n) is 4.62. The Hall–Kier alpha value is -1.42. The zero-order chi connectivity index (χ0) is 21.9. The summed E-state index contributed by atoms with van der Waals surface area (Å²) in [6, 6.07) is 24.5. The molecular formula is C26H30Cl2N2Ti-2. The zero-order valence-electron chi connectivity index (χ0n) is 18.6. The van der Waals surface area contributed by atoms with E-state index in [0.717, 1.165) is 12.0 Å². The molecule has 3 aromatic rings. The van der Waals surface area contributed by atoms with E-state index in [1.54, 1.807) is 0 Å². The van der Waals surface area contributed by atoms with Crippen molar-refractivity contribution in [2.75, 3.05) is 19.0 Å². The molecule has 0 aromatic heterocycles. The molecule has 0 atom stereocenters. The average Bonchev–Trinajstić information content (AvgIpc) is 3.02. The number of hydrogen-bond donors (Lipinski definition) is 0. The predicted molar refractivity (Wildman–Crippen MR) is 134 cm³/mol. The van der Waals surface area contributed by atoms with Crippen molar-refractivity contribution in [2.24, 2.45) is 0 Å². The number of halogens is 2. The van der Waals surface area contributed by atoms with Gasteiger partial charge < -0.3 is 11.1 Å². The summed E-state index contributed by atoms with van der Waals surface area (Å²) in [5, 5.41) is 0. The van der Waals surface area contributed by atoms with Gasteiger partial charge >= 0.3 is 35.6 Å². The van der Waals surface area contributed by atoms with E-state index in [9.17, 15) is 0 Å². The Bertz CT molecular complexity index is 972. The third-order valence-corrected chi connectivity index (χ3v) is 6.01. The van der Waals surface area contributed by atoms with Crippen LogP contribution in [-0.4, -0.2) is 14.1 Å². The molecule has 3 aromatic carbocycles. The van der Waals surface area contributed by atoms with E-state index in [-0.39, 0.29) is 11.6 Å². The molecule has 2 N–H and O–H groups in total. The number of anilines is 1. The Morgan fingerprint density at radius 3 is 1.84 bits per heavy atom. The molecule has 0 saturated carbocycles. The third-order valence-electron chi connectivity index (χ3n) is 6.01. The van der Waals surface area contributed by atoms with Crippen LogP contribution in [0, 0.1) is 6.92 Å². The van der Waals surface area contributed by atoms with Crippen LogP contribution in [0.4, 0.5) is 5.69 Å². The van der Waals surface area contributed by atoms with Gasteiger partial charge in [0.2, 0.25) is 0 Å². The summed E-state index contributed by atoms with van der Waals surface area (Å²) in [5.41, 5.74) is 9.43. The van der Waals surface area contributed by atoms with Gasteiger partial charge in [-0.25, -0.2) is 0 Å². The van der Waals surface area contributed by atoms with Crippen LogP contribution < -0.4 is 4.90 Å². The van der Waals surface area contributed by atoms with Crippen molar-refractivity contribution >= 4 is 24.3 Å². The second kappa shape index (κ2) is 10.9. The molecular weight excluding hydrogens is 459 g/mol. The van der Waals surface area contributed by atoms with Gasteiger partial charge in [-0.1, -0.05) is 73.9 Å². The molecule has 0 bridgehead atoms. The van der Waals surface area contributed by atoms with Crippen LogP contribution in [0.25, 0.3) is 17.3 Å². The molecule has 2 nitrogen and oxygen atoms in total. The molecule has 0 aliphatic heterocycles. The van der Waals surface area contributed by atoms with Crippen LogP contribution >= 0.6 is 18.6 Å². The van der Waals surface area contributed by atoms with E-state index >= 15 is 0 Å². The minimum Gasteiger partial charge on any atom is -0.693 e. The summed E-state index contributed by atoms with van der Waals surface area (Å²) in [6.45, 7) is 9.08. The van der Waals surface area contributed by atoms with Gasteiger partial charge in [0.25, 0.3) is 0 Å². The van der Waals surface area contributed by atoms with E-state index in [2.05, 4.69) is 106 Å². The Balaban J connectivity index is 0.000000808. The van der Waals surface area contributed by atoms with Crippen molar-refractivity contribution in [3.8, 4) is 11.1 Å². The normalized spacial score (nSPS) is 12.1. The Morgan fingerprint density at radius 1 is 0.903 bits per heavy atom. The maximum atomic E-state index is 4.89. The van der Waals surface area contributed by atoms with Crippen molar-refractivity contribution in [2.45, 2.75) is 31.6 Å².